The van der Waals surface area contributed by atoms with Crippen molar-refractivity contribution < 1.29 is 0 Å². The van der Waals surface area contributed by atoms with Crippen LogP contribution in [0.3, 0.4) is 0 Å². The van der Waals surface area contributed by atoms with Crippen LogP contribution < -0.4 is 4.90 Å². The Labute approximate surface area is 126 Å². The van der Waals surface area contributed by atoms with Gasteiger partial charge in [-0.15, -0.1) is 0 Å². The standard InChI is InChI=1S/C17H22N4/c1-15-7-10-20(17-13-18-8-9-19-17)11-12-21(15)14-16-5-3-2-4-6-16/h2-6,8-9,13,15H,7,10-12,14H2,1H3. The lowest BCUT2D eigenvalue weighted by Crippen LogP contribution is -2.34. The molecule has 1 atom stereocenters. The van der Waals surface area contributed by atoms with Crippen molar-refractivity contribution in [3.63, 3.8) is 0 Å². The molecule has 0 aliphatic carbocycles. The molecule has 4 heteroatoms. The summed E-state index contributed by atoms with van der Waals surface area (Å²) in [6.07, 6.45) is 6.51. The van der Waals surface area contributed by atoms with Crippen LogP contribution >= 0.6 is 0 Å². The molecule has 4 nitrogen and oxygen atoms in total. The van der Waals surface area contributed by atoms with E-state index in [9.17, 15) is 0 Å². The SMILES string of the molecule is CC1CCN(c2cnccn2)CCN1Cc1ccccc1. The molecule has 2 heterocycles. The second-order valence-electron chi connectivity index (χ2n) is 5.64. The lowest BCUT2D eigenvalue weighted by atomic mass is 10.1. The van der Waals surface area contributed by atoms with Crippen LogP contribution in [-0.2, 0) is 6.54 Å². The maximum absolute atomic E-state index is 4.42. The monoisotopic (exact) mass is 282 g/mol. The number of aromatic nitrogens is 2. The largest absolute Gasteiger partial charge is 0.354 e. The lowest BCUT2D eigenvalue weighted by molar-refractivity contribution is 0.212. The van der Waals surface area contributed by atoms with Gasteiger partial charge >= 0.3 is 0 Å². The Morgan fingerprint density at radius 3 is 2.71 bits per heavy atom. The zero-order chi connectivity index (χ0) is 14.5. The zero-order valence-electron chi connectivity index (χ0n) is 12.5. The zero-order valence-corrected chi connectivity index (χ0v) is 12.5. The van der Waals surface area contributed by atoms with Crippen molar-refractivity contribution in [2.45, 2.75) is 25.9 Å². The molecule has 1 unspecified atom stereocenters. The van der Waals surface area contributed by atoms with Gasteiger partial charge in [0.25, 0.3) is 0 Å². The molecule has 0 N–H and O–H groups in total. The van der Waals surface area contributed by atoms with Crippen LogP contribution in [0.1, 0.15) is 18.9 Å². The normalized spacial score (nSPS) is 20.2. The van der Waals surface area contributed by atoms with Crippen molar-refractivity contribution in [3.8, 4) is 0 Å². The molecule has 0 amide bonds. The number of benzene rings is 1. The number of rotatable bonds is 3. The van der Waals surface area contributed by atoms with Crippen molar-refractivity contribution >= 4 is 5.82 Å². The molecule has 110 valence electrons. The van der Waals surface area contributed by atoms with E-state index in [1.54, 1.807) is 12.4 Å². The van der Waals surface area contributed by atoms with Gasteiger partial charge in [0.05, 0.1) is 6.20 Å². The first-order valence-electron chi connectivity index (χ1n) is 7.62. The molecule has 3 rings (SSSR count). The maximum Gasteiger partial charge on any atom is 0.147 e. The highest BCUT2D eigenvalue weighted by Gasteiger charge is 2.21. The van der Waals surface area contributed by atoms with Gasteiger partial charge in [-0.1, -0.05) is 30.3 Å². The Morgan fingerprint density at radius 1 is 1.10 bits per heavy atom. The molecule has 0 saturated carbocycles. The lowest BCUT2D eigenvalue weighted by Gasteiger charge is -2.26. The molecule has 1 saturated heterocycles. The summed E-state index contributed by atoms with van der Waals surface area (Å²) in [4.78, 5) is 13.5. The van der Waals surface area contributed by atoms with Gasteiger partial charge in [0.15, 0.2) is 0 Å². The molecule has 1 aliphatic heterocycles. The predicted molar refractivity (Wildman–Crippen MR) is 85.2 cm³/mol. The molecule has 0 bridgehead atoms. The average molecular weight is 282 g/mol. The van der Waals surface area contributed by atoms with E-state index < -0.39 is 0 Å². The number of hydrogen-bond donors (Lipinski definition) is 0. The topological polar surface area (TPSA) is 32.3 Å². The molecule has 21 heavy (non-hydrogen) atoms. The summed E-state index contributed by atoms with van der Waals surface area (Å²) in [6.45, 7) is 6.47. The van der Waals surface area contributed by atoms with Crippen molar-refractivity contribution in [2.75, 3.05) is 24.5 Å². The first-order chi connectivity index (χ1) is 10.3. The summed E-state index contributed by atoms with van der Waals surface area (Å²) in [5, 5.41) is 0. The molecule has 1 aliphatic rings. The van der Waals surface area contributed by atoms with Gasteiger partial charge in [-0.3, -0.25) is 9.88 Å². The summed E-state index contributed by atoms with van der Waals surface area (Å²) < 4.78 is 0. The Kier molecular flexibility index (Phi) is 4.46. The first kappa shape index (κ1) is 14.0. The van der Waals surface area contributed by atoms with Gasteiger partial charge in [-0.05, 0) is 18.9 Å². The van der Waals surface area contributed by atoms with Crippen LogP contribution in [0, 0.1) is 0 Å². The minimum atomic E-state index is 0.590. The van der Waals surface area contributed by atoms with E-state index in [2.05, 4.69) is 57.0 Å². The third-order valence-corrected chi connectivity index (χ3v) is 4.20. The van der Waals surface area contributed by atoms with E-state index in [4.69, 9.17) is 0 Å². The highest BCUT2D eigenvalue weighted by Crippen LogP contribution is 2.17. The third-order valence-electron chi connectivity index (χ3n) is 4.20. The quantitative estimate of drug-likeness (QED) is 0.866. The van der Waals surface area contributed by atoms with Crippen LogP contribution in [0.5, 0.6) is 0 Å². The number of hydrogen-bond acceptors (Lipinski definition) is 4. The van der Waals surface area contributed by atoms with Gasteiger partial charge < -0.3 is 4.90 Å². The Bertz CT molecular complexity index is 543. The van der Waals surface area contributed by atoms with E-state index in [1.165, 1.54) is 5.56 Å². The van der Waals surface area contributed by atoms with Gasteiger partial charge in [-0.25, -0.2) is 4.98 Å². The van der Waals surface area contributed by atoms with Gasteiger partial charge in [0, 0.05) is 44.6 Å². The summed E-state index contributed by atoms with van der Waals surface area (Å²) in [7, 11) is 0. The van der Waals surface area contributed by atoms with E-state index in [0.29, 0.717) is 6.04 Å². The summed E-state index contributed by atoms with van der Waals surface area (Å²) >= 11 is 0. The molecule has 0 spiro atoms. The smallest absolute Gasteiger partial charge is 0.147 e. The fraction of sp³-hybridized carbons (Fsp3) is 0.412. The minimum Gasteiger partial charge on any atom is -0.354 e. The van der Waals surface area contributed by atoms with Crippen molar-refractivity contribution in [2.24, 2.45) is 0 Å². The van der Waals surface area contributed by atoms with Crippen LogP contribution in [0.15, 0.2) is 48.9 Å². The van der Waals surface area contributed by atoms with Crippen LogP contribution in [0.4, 0.5) is 5.82 Å². The Morgan fingerprint density at radius 2 is 1.95 bits per heavy atom. The number of anilines is 1. The predicted octanol–water partition coefficient (Wildman–Crippen LogP) is 2.58. The highest BCUT2D eigenvalue weighted by molar-refractivity contribution is 5.35. The van der Waals surface area contributed by atoms with E-state index in [-0.39, 0.29) is 0 Å². The third kappa shape index (κ3) is 3.58. The number of nitrogens with zero attached hydrogens (tertiary/aromatic N) is 4. The molecular weight excluding hydrogens is 260 g/mol. The molecule has 1 fully saturated rings. The summed E-state index contributed by atoms with van der Waals surface area (Å²) in [5.74, 6) is 0.992. The van der Waals surface area contributed by atoms with Crippen molar-refractivity contribution in [3.05, 3.63) is 54.5 Å². The van der Waals surface area contributed by atoms with E-state index >= 15 is 0 Å². The Balaban J connectivity index is 1.66. The fourth-order valence-corrected chi connectivity index (χ4v) is 2.84. The van der Waals surface area contributed by atoms with Gasteiger partial charge in [-0.2, -0.15) is 0 Å². The van der Waals surface area contributed by atoms with E-state index in [1.807, 2.05) is 6.20 Å². The molecule has 1 aromatic carbocycles. The fourth-order valence-electron chi connectivity index (χ4n) is 2.84. The van der Waals surface area contributed by atoms with Crippen molar-refractivity contribution in [1.29, 1.82) is 0 Å². The minimum absolute atomic E-state index is 0.590. The molecule has 1 aromatic heterocycles. The molecule has 0 radical (unpaired) electrons. The van der Waals surface area contributed by atoms with Crippen LogP contribution in [0.2, 0.25) is 0 Å². The summed E-state index contributed by atoms with van der Waals surface area (Å²) in [6, 6.07) is 11.3. The van der Waals surface area contributed by atoms with E-state index in [0.717, 1.165) is 38.4 Å². The van der Waals surface area contributed by atoms with Crippen LogP contribution in [0.25, 0.3) is 0 Å². The Hall–Kier alpha value is -1.94. The second-order valence-corrected chi connectivity index (χ2v) is 5.64. The van der Waals surface area contributed by atoms with Gasteiger partial charge in [0.2, 0.25) is 0 Å². The molecule has 2 aromatic rings. The first-order valence-corrected chi connectivity index (χ1v) is 7.62. The van der Waals surface area contributed by atoms with Gasteiger partial charge in [0.1, 0.15) is 5.82 Å². The highest BCUT2D eigenvalue weighted by atomic mass is 15.3. The second kappa shape index (κ2) is 6.68. The average Bonchev–Trinajstić information content (AvgIpc) is 2.72. The molecular formula is C17H22N4. The van der Waals surface area contributed by atoms with Crippen molar-refractivity contribution in [1.82, 2.24) is 14.9 Å². The summed E-state index contributed by atoms with van der Waals surface area (Å²) in [5.41, 5.74) is 1.39. The maximum atomic E-state index is 4.42. The van der Waals surface area contributed by atoms with Crippen LogP contribution in [-0.4, -0.2) is 40.5 Å².